The first-order valence-electron chi connectivity index (χ1n) is 13.5. The van der Waals surface area contributed by atoms with Gasteiger partial charge >= 0.3 is 17.9 Å². The molecule has 0 aromatic heterocycles. The molecular formula is C28H44O6. The van der Waals surface area contributed by atoms with E-state index >= 15 is 0 Å². The molecule has 9 atom stereocenters. The third kappa shape index (κ3) is 4.88. The Labute approximate surface area is 204 Å². The third-order valence-electron chi connectivity index (χ3n) is 10.5. The highest BCUT2D eigenvalue weighted by molar-refractivity contribution is 5.67. The van der Waals surface area contributed by atoms with Crippen LogP contribution in [-0.4, -0.2) is 36.7 Å². The predicted molar refractivity (Wildman–Crippen MR) is 128 cm³/mol. The van der Waals surface area contributed by atoms with Crippen molar-refractivity contribution in [3.8, 4) is 0 Å². The van der Waals surface area contributed by atoms with Crippen LogP contribution in [0.5, 0.6) is 0 Å². The van der Waals surface area contributed by atoms with Gasteiger partial charge in [-0.25, -0.2) is 0 Å². The van der Waals surface area contributed by atoms with E-state index in [2.05, 4.69) is 13.8 Å². The van der Waals surface area contributed by atoms with Gasteiger partial charge in [-0.1, -0.05) is 13.8 Å². The van der Waals surface area contributed by atoms with Crippen molar-refractivity contribution in [2.45, 2.75) is 111 Å². The Bertz CT molecular complexity index is 794. The molecule has 4 saturated carbocycles. The largest absolute Gasteiger partial charge is 0.463 e. The summed E-state index contributed by atoms with van der Waals surface area (Å²) in [7, 11) is 0. The molecule has 0 aromatic rings. The van der Waals surface area contributed by atoms with Crippen LogP contribution in [0.25, 0.3) is 0 Å². The molecule has 6 heteroatoms. The van der Waals surface area contributed by atoms with Gasteiger partial charge in [0.15, 0.2) is 0 Å². The Morgan fingerprint density at radius 1 is 0.824 bits per heavy atom. The van der Waals surface area contributed by atoms with E-state index < -0.39 is 0 Å². The second-order valence-corrected chi connectivity index (χ2v) is 12.3. The minimum atomic E-state index is -0.357. The third-order valence-corrected chi connectivity index (χ3v) is 10.5. The minimum Gasteiger partial charge on any atom is -0.463 e. The Balaban J connectivity index is 1.45. The summed E-state index contributed by atoms with van der Waals surface area (Å²) in [5.74, 6) is 2.59. The zero-order valence-corrected chi connectivity index (χ0v) is 21.8. The van der Waals surface area contributed by atoms with Gasteiger partial charge in [-0.05, 0) is 105 Å². The monoisotopic (exact) mass is 476 g/mol. The molecule has 34 heavy (non-hydrogen) atoms. The summed E-state index contributed by atoms with van der Waals surface area (Å²) in [6.45, 7) is 9.52. The Morgan fingerprint density at radius 3 is 2.21 bits per heavy atom. The first kappa shape index (κ1) is 25.5. The fourth-order valence-corrected chi connectivity index (χ4v) is 8.97. The highest BCUT2D eigenvalue weighted by Gasteiger charge is 2.60. The van der Waals surface area contributed by atoms with Crippen LogP contribution in [-0.2, 0) is 28.6 Å². The second-order valence-electron chi connectivity index (χ2n) is 12.3. The molecule has 0 amide bonds. The van der Waals surface area contributed by atoms with E-state index in [1.54, 1.807) is 0 Å². The molecule has 0 heterocycles. The van der Waals surface area contributed by atoms with E-state index in [1.165, 1.54) is 59.3 Å². The summed E-state index contributed by atoms with van der Waals surface area (Å²) in [4.78, 5) is 34.5. The van der Waals surface area contributed by atoms with Gasteiger partial charge in [-0.2, -0.15) is 0 Å². The summed E-state index contributed by atoms with van der Waals surface area (Å²) in [5, 5.41) is 0. The molecule has 9 unspecified atom stereocenters. The first-order valence-corrected chi connectivity index (χ1v) is 13.5. The topological polar surface area (TPSA) is 78.9 Å². The van der Waals surface area contributed by atoms with Crippen molar-refractivity contribution in [2.75, 3.05) is 6.61 Å². The molecule has 0 saturated heterocycles. The Hall–Kier alpha value is -1.59. The van der Waals surface area contributed by atoms with E-state index in [-0.39, 0.29) is 42.1 Å². The number of fused-ring (bicyclic) bond motifs is 5. The minimum absolute atomic E-state index is 0.104. The van der Waals surface area contributed by atoms with Crippen molar-refractivity contribution in [1.29, 1.82) is 0 Å². The molecule has 0 spiro atoms. The molecule has 4 rings (SSSR count). The number of hydrogen-bond acceptors (Lipinski definition) is 6. The lowest BCUT2D eigenvalue weighted by molar-refractivity contribution is -0.162. The second kappa shape index (κ2) is 9.81. The molecule has 6 nitrogen and oxygen atoms in total. The van der Waals surface area contributed by atoms with Crippen LogP contribution in [0.4, 0.5) is 0 Å². The zero-order chi connectivity index (χ0) is 24.7. The van der Waals surface area contributed by atoms with Crippen molar-refractivity contribution in [3.63, 3.8) is 0 Å². The average Bonchev–Trinajstić information content (AvgIpc) is 3.07. The fourth-order valence-electron chi connectivity index (χ4n) is 8.97. The van der Waals surface area contributed by atoms with E-state index in [4.69, 9.17) is 14.2 Å². The summed E-state index contributed by atoms with van der Waals surface area (Å²) in [5.41, 5.74) is 0.614. The summed E-state index contributed by atoms with van der Waals surface area (Å²) < 4.78 is 16.4. The van der Waals surface area contributed by atoms with Crippen LogP contribution < -0.4 is 0 Å². The Kier molecular flexibility index (Phi) is 7.36. The molecule has 0 N–H and O–H groups in total. The van der Waals surface area contributed by atoms with Crippen molar-refractivity contribution < 1.29 is 28.6 Å². The van der Waals surface area contributed by atoms with Crippen LogP contribution in [0.15, 0.2) is 0 Å². The van der Waals surface area contributed by atoms with Gasteiger partial charge in [0.1, 0.15) is 18.8 Å². The predicted octanol–water partition coefficient (Wildman–Crippen LogP) is 5.46. The first-order chi connectivity index (χ1) is 16.0. The van der Waals surface area contributed by atoms with Crippen LogP contribution in [0.2, 0.25) is 0 Å². The van der Waals surface area contributed by atoms with Gasteiger partial charge in [0, 0.05) is 20.8 Å². The smallest absolute Gasteiger partial charge is 0.303 e. The van der Waals surface area contributed by atoms with Crippen LogP contribution in [0.1, 0.15) is 98.8 Å². The van der Waals surface area contributed by atoms with Gasteiger partial charge < -0.3 is 14.2 Å². The number of hydrogen-bond donors (Lipinski definition) is 0. The van der Waals surface area contributed by atoms with Crippen LogP contribution in [0.3, 0.4) is 0 Å². The van der Waals surface area contributed by atoms with Crippen molar-refractivity contribution >= 4 is 17.9 Å². The lowest BCUT2D eigenvalue weighted by atomic mass is 9.44. The summed E-state index contributed by atoms with van der Waals surface area (Å²) >= 11 is 0. The van der Waals surface area contributed by atoms with Gasteiger partial charge in [-0.15, -0.1) is 0 Å². The maximum atomic E-state index is 11.7. The number of carbonyl (C=O) groups is 3. The van der Waals surface area contributed by atoms with Gasteiger partial charge in [0.25, 0.3) is 0 Å². The zero-order valence-electron chi connectivity index (χ0n) is 21.8. The number of rotatable bonds is 6. The number of esters is 3. The van der Waals surface area contributed by atoms with Crippen molar-refractivity contribution in [3.05, 3.63) is 0 Å². The van der Waals surface area contributed by atoms with Crippen LogP contribution in [0, 0.1) is 40.4 Å². The van der Waals surface area contributed by atoms with E-state index in [1.807, 2.05) is 0 Å². The quantitative estimate of drug-likeness (QED) is 0.374. The SMILES string of the molecule is CC(=O)OCC(CC1CCC2C3CCC4CC(OC(C)=O)CCC4(C)C3CCC12C)OC(C)=O. The van der Waals surface area contributed by atoms with Crippen molar-refractivity contribution in [1.82, 2.24) is 0 Å². The van der Waals surface area contributed by atoms with Crippen LogP contribution >= 0.6 is 0 Å². The van der Waals surface area contributed by atoms with E-state index in [0.29, 0.717) is 23.2 Å². The average molecular weight is 477 g/mol. The standard InChI is InChI=1S/C28H44O6/c1-17(29)32-16-23(34-19(3)31)15-21-7-9-25-24-8-6-20-14-22(33-18(2)30)10-12-27(20,4)26(24)11-13-28(21,25)5/h20-26H,6-16H2,1-5H3. The molecule has 0 aliphatic heterocycles. The molecule has 4 fully saturated rings. The molecule has 0 bridgehead atoms. The molecule has 4 aliphatic rings. The lowest BCUT2D eigenvalue weighted by Gasteiger charge is -2.61. The summed E-state index contributed by atoms with van der Waals surface area (Å²) in [6, 6.07) is 0. The number of ether oxygens (including phenoxy) is 3. The maximum absolute atomic E-state index is 11.7. The Morgan fingerprint density at radius 2 is 1.53 bits per heavy atom. The molecule has 4 aliphatic carbocycles. The highest BCUT2D eigenvalue weighted by Crippen LogP contribution is 2.68. The highest BCUT2D eigenvalue weighted by atomic mass is 16.6. The maximum Gasteiger partial charge on any atom is 0.303 e. The van der Waals surface area contributed by atoms with E-state index in [9.17, 15) is 14.4 Å². The fraction of sp³-hybridized carbons (Fsp3) is 0.893. The summed E-state index contributed by atoms with van der Waals surface area (Å²) in [6.07, 6.45) is 11.2. The molecular weight excluding hydrogens is 432 g/mol. The van der Waals surface area contributed by atoms with Gasteiger partial charge in [0.05, 0.1) is 0 Å². The van der Waals surface area contributed by atoms with Crippen molar-refractivity contribution in [2.24, 2.45) is 40.4 Å². The van der Waals surface area contributed by atoms with Gasteiger partial charge in [0.2, 0.25) is 0 Å². The molecule has 0 radical (unpaired) electrons. The van der Waals surface area contributed by atoms with Gasteiger partial charge in [-0.3, -0.25) is 14.4 Å². The molecule has 0 aromatic carbocycles. The number of carbonyl (C=O) groups excluding carboxylic acids is 3. The normalized spacial score (nSPS) is 41.9. The lowest BCUT2D eigenvalue weighted by Crippen LogP contribution is -2.54. The van der Waals surface area contributed by atoms with E-state index in [0.717, 1.165) is 37.5 Å². The molecule has 192 valence electrons.